The molecule has 0 aliphatic heterocycles. The maximum atomic E-state index is 17.3. The Labute approximate surface area is 205 Å². The second-order valence-corrected chi connectivity index (χ2v) is 11.2. The van der Waals surface area contributed by atoms with E-state index in [1.807, 2.05) is 0 Å². The van der Waals surface area contributed by atoms with E-state index in [9.17, 15) is 24.3 Å². The van der Waals surface area contributed by atoms with Crippen LogP contribution in [0.1, 0.15) is 66.7 Å². The first-order valence-electron chi connectivity index (χ1n) is 12.5. The van der Waals surface area contributed by atoms with E-state index in [4.69, 9.17) is 9.47 Å². The number of Topliss-reactive ketones (excluding diaryl/α,β-unsaturated/α-hetero) is 1. The van der Waals surface area contributed by atoms with E-state index >= 15 is 4.39 Å². The van der Waals surface area contributed by atoms with Crippen molar-refractivity contribution in [3.05, 3.63) is 23.8 Å². The maximum absolute atomic E-state index is 17.3. The number of fused-ring (bicyclic) bond motifs is 5. The Balaban J connectivity index is 1.82. The maximum Gasteiger partial charge on any atom is 0.306 e. The number of carbonyl (C=O) groups excluding carboxylic acids is 4. The van der Waals surface area contributed by atoms with E-state index < -0.39 is 64.4 Å². The zero-order valence-corrected chi connectivity index (χ0v) is 21.1. The summed E-state index contributed by atoms with van der Waals surface area (Å²) in [4.78, 5) is 49.8. The lowest BCUT2D eigenvalue weighted by molar-refractivity contribution is -0.228. The van der Waals surface area contributed by atoms with Crippen LogP contribution in [0.25, 0.3) is 0 Å². The number of esters is 2. The molecule has 0 saturated heterocycles. The lowest BCUT2D eigenvalue weighted by Crippen LogP contribution is -2.70. The van der Waals surface area contributed by atoms with Gasteiger partial charge in [0.2, 0.25) is 5.78 Å². The third-order valence-corrected chi connectivity index (χ3v) is 9.57. The average molecular weight is 491 g/mol. The smallest absolute Gasteiger partial charge is 0.306 e. The monoisotopic (exact) mass is 490 g/mol. The highest BCUT2D eigenvalue weighted by Gasteiger charge is 2.77. The number of aliphatic hydroxyl groups is 1. The van der Waals surface area contributed by atoms with Crippen LogP contribution in [-0.4, -0.2) is 52.6 Å². The van der Waals surface area contributed by atoms with E-state index in [0.29, 0.717) is 24.8 Å². The lowest BCUT2D eigenvalue weighted by atomic mass is 9.44. The fraction of sp³-hybridized carbons (Fsp3) is 0.704. The van der Waals surface area contributed by atoms with Crippen LogP contribution in [0.3, 0.4) is 0 Å². The van der Waals surface area contributed by atoms with Crippen LogP contribution in [0.2, 0.25) is 0 Å². The molecule has 192 valence electrons. The van der Waals surface area contributed by atoms with Gasteiger partial charge in [0.25, 0.3) is 0 Å². The summed E-state index contributed by atoms with van der Waals surface area (Å²) in [5.74, 6) is -3.41. The van der Waals surface area contributed by atoms with E-state index in [2.05, 4.69) is 0 Å². The molecule has 1 N–H and O–H groups in total. The van der Waals surface area contributed by atoms with Gasteiger partial charge in [-0.2, -0.15) is 0 Å². The summed E-state index contributed by atoms with van der Waals surface area (Å²) in [6, 6.07) is 0. The molecular weight excluding hydrogens is 455 g/mol. The highest BCUT2D eigenvalue weighted by atomic mass is 19.1. The number of aliphatic hydroxyl groups excluding tert-OH is 1. The van der Waals surface area contributed by atoms with Crippen LogP contribution >= 0.6 is 0 Å². The van der Waals surface area contributed by atoms with Gasteiger partial charge < -0.3 is 14.6 Å². The number of carbonyl (C=O) groups is 4. The standard InChI is InChI=1S/C27H35FO7/c1-6-23(33)35-27(22(32)14-34-16(3)29)15(2)11-20-19-8-7-17-12-18(30)9-10-24(17,4)26(19,28)21(31)13-25(20,27)5/h9-10,12,15,19-21,31H,6-8,11,13-14H2,1-5H3/t15-,19-,20-,21-,24+,25+,26-,27-/m0/s1. The summed E-state index contributed by atoms with van der Waals surface area (Å²) in [6.45, 7) is 7.59. The minimum atomic E-state index is -2.05. The fourth-order valence-electron chi connectivity index (χ4n) is 7.92. The number of hydrogen-bond acceptors (Lipinski definition) is 7. The van der Waals surface area contributed by atoms with Crippen molar-refractivity contribution in [3.8, 4) is 0 Å². The van der Waals surface area contributed by atoms with Gasteiger partial charge >= 0.3 is 11.9 Å². The minimum Gasteiger partial charge on any atom is -0.458 e. The molecule has 8 heteroatoms. The third-order valence-electron chi connectivity index (χ3n) is 9.57. The zero-order chi connectivity index (χ0) is 26.0. The van der Waals surface area contributed by atoms with Crippen molar-refractivity contribution in [3.63, 3.8) is 0 Å². The van der Waals surface area contributed by atoms with Crippen LogP contribution in [0.15, 0.2) is 23.8 Å². The lowest BCUT2D eigenvalue weighted by Gasteiger charge is -2.62. The number of hydrogen-bond donors (Lipinski definition) is 1. The quantitative estimate of drug-likeness (QED) is 0.589. The highest BCUT2D eigenvalue weighted by molar-refractivity contribution is 6.01. The molecule has 3 fully saturated rings. The van der Waals surface area contributed by atoms with Crippen molar-refractivity contribution in [2.24, 2.45) is 28.6 Å². The first kappa shape index (κ1) is 25.7. The van der Waals surface area contributed by atoms with E-state index in [-0.39, 0.29) is 24.5 Å². The van der Waals surface area contributed by atoms with Gasteiger partial charge in [-0.25, -0.2) is 4.39 Å². The first-order valence-corrected chi connectivity index (χ1v) is 12.5. The van der Waals surface area contributed by atoms with Gasteiger partial charge in [-0.05, 0) is 50.7 Å². The molecule has 4 rings (SSSR count). The number of alkyl halides is 1. The Morgan fingerprint density at radius 3 is 2.54 bits per heavy atom. The fourth-order valence-corrected chi connectivity index (χ4v) is 7.92. The SMILES string of the molecule is CCC(=O)O[C@]1(C(=O)COC(C)=O)[C@@H](C)C[C@H]2[C@@H]3CCC4=CC(=O)C=C[C@@]4(C)[C@@]3(F)[C@@H](O)C[C@]21C. The van der Waals surface area contributed by atoms with E-state index in [1.165, 1.54) is 19.1 Å². The number of ether oxygens (including phenoxy) is 2. The Morgan fingerprint density at radius 1 is 1.23 bits per heavy atom. The molecule has 4 aliphatic rings. The van der Waals surface area contributed by atoms with Crippen molar-refractivity contribution >= 4 is 23.5 Å². The van der Waals surface area contributed by atoms with Crippen molar-refractivity contribution in [1.82, 2.24) is 0 Å². The average Bonchev–Trinajstić information content (AvgIpc) is 3.00. The number of ketones is 2. The predicted octanol–water partition coefficient (Wildman–Crippen LogP) is 3.43. The van der Waals surface area contributed by atoms with Crippen molar-refractivity contribution in [2.75, 3.05) is 6.61 Å². The molecule has 0 spiro atoms. The molecule has 0 bridgehead atoms. The van der Waals surface area contributed by atoms with Crippen LogP contribution in [0, 0.1) is 28.6 Å². The van der Waals surface area contributed by atoms with Crippen LogP contribution < -0.4 is 0 Å². The Bertz CT molecular complexity index is 1030. The second-order valence-electron chi connectivity index (χ2n) is 11.2. The number of rotatable bonds is 5. The topological polar surface area (TPSA) is 107 Å². The van der Waals surface area contributed by atoms with Gasteiger partial charge in [0.15, 0.2) is 23.7 Å². The largest absolute Gasteiger partial charge is 0.458 e. The van der Waals surface area contributed by atoms with Crippen LogP contribution in [0.5, 0.6) is 0 Å². The van der Waals surface area contributed by atoms with E-state index in [1.54, 1.807) is 33.8 Å². The summed E-state index contributed by atoms with van der Waals surface area (Å²) in [5, 5.41) is 11.5. The second kappa shape index (κ2) is 8.36. The van der Waals surface area contributed by atoms with Crippen molar-refractivity contribution in [1.29, 1.82) is 0 Å². The molecule has 4 aliphatic carbocycles. The summed E-state index contributed by atoms with van der Waals surface area (Å²) in [6.07, 6.45) is 4.21. The summed E-state index contributed by atoms with van der Waals surface area (Å²) < 4.78 is 28.3. The Hall–Kier alpha value is -2.35. The molecule has 35 heavy (non-hydrogen) atoms. The Morgan fingerprint density at radius 2 is 1.91 bits per heavy atom. The van der Waals surface area contributed by atoms with Crippen LogP contribution in [0.4, 0.5) is 4.39 Å². The van der Waals surface area contributed by atoms with E-state index in [0.717, 1.165) is 0 Å². The van der Waals surface area contributed by atoms with Gasteiger partial charge in [0, 0.05) is 36.0 Å². The summed E-state index contributed by atoms with van der Waals surface area (Å²) in [7, 11) is 0. The van der Waals surface area contributed by atoms with Crippen molar-refractivity contribution < 1.29 is 38.1 Å². The Kier molecular flexibility index (Phi) is 6.14. The van der Waals surface area contributed by atoms with Crippen molar-refractivity contribution in [2.45, 2.75) is 84.1 Å². The first-order chi connectivity index (χ1) is 16.3. The summed E-state index contributed by atoms with van der Waals surface area (Å²) in [5.41, 5.74) is -5.26. The molecule has 0 heterocycles. The van der Waals surface area contributed by atoms with Gasteiger partial charge in [-0.1, -0.05) is 32.4 Å². The molecule has 8 atom stereocenters. The molecule has 7 nitrogen and oxygen atoms in total. The van der Waals surface area contributed by atoms with Crippen LogP contribution in [-0.2, 0) is 28.7 Å². The predicted molar refractivity (Wildman–Crippen MR) is 124 cm³/mol. The van der Waals surface area contributed by atoms with Gasteiger partial charge in [-0.3, -0.25) is 19.2 Å². The molecule has 0 aromatic rings. The summed E-state index contributed by atoms with van der Waals surface area (Å²) >= 11 is 0. The van der Waals surface area contributed by atoms with Gasteiger partial charge in [-0.15, -0.1) is 0 Å². The molecular formula is C27H35FO7. The minimum absolute atomic E-state index is 0.0418. The zero-order valence-electron chi connectivity index (χ0n) is 21.1. The third kappa shape index (κ3) is 3.31. The van der Waals surface area contributed by atoms with Gasteiger partial charge in [0.1, 0.15) is 0 Å². The highest BCUT2D eigenvalue weighted by Crippen LogP contribution is 2.71. The molecule has 3 saturated carbocycles. The number of allylic oxidation sites excluding steroid dienone is 4. The number of halogens is 1. The van der Waals surface area contributed by atoms with Gasteiger partial charge in [0.05, 0.1) is 6.10 Å². The molecule has 0 aromatic heterocycles. The molecule has 0 unspecified atom stereocenters. The molecule has 0 amide bonds. The normalized spacial score (nSPS) is 44.0. The molecule has 0 aromatic carbocycles. The molecule has 0 radical (unpaired) electrons.